The summed E-state index contributed by atoms with van der Waals surface area (Å²) in [5.41, 5.74) is 2.03. The van der Waals surface area contributed by atoms with Gasteiger partial charge in [0.1, 0.15) is 4.60 Å². The molecular weight excluding hydrogens is 296 g/mol. The summed E-state index contributed by atoms with van der Waals surface area (Å²) >= 11 is 3.38. The molecule has 0 aliphatic carbocycles. The number of nitrogens with zero attached hydrogens (tertiary/aromatic N) is 3. The van der Waals surface area contributed by atoms with Crippen molar-refractivity contribution < 1.29 is 4.74 Å². The number of hydrogen-bond acceptors (Lipinski definition) is 4. The molecule has 96 valence electrons. The third kappa shape index (κ3) is 2.55. The molecule has 3 heterocycles. The molecule has 1 fully saturated rings. The average molecular weight is 311 g/mol. The lowest BCUT2D eigenvalue weighted by molar-refractivity contribution is 0.0775. The van der Waals surface area contributed by atoms with Crippen LogP contribution in [0.5, 0.6) is 0 Å². The zero-order valence-corrected chi connectivity index (χ0v) is 11.6. The van der Waals surface area contributed by atoms with Crippen LogP contribution < -0.4 is 5.32 Å². The van der Waals surface area contributed by atoms with Crippen molar-refractivity contribution in [3.05, 3.63) is 28.9 Å². The van der Waals surface area contributed by atoms with Gasteiger partial charge in [0.05, 0.1) is 18.1 Å². The zero-order chi connectivity index (χ0) is 12.4. The molecule has 6 heteroatoms. The van der Waals surface area contributed by atoms with Gasteiger partial charge in [0.15, 0.2) is 5.65 Å². The van der Waals surface area contributed by atoms with Crippen LogP contribution in [0.2, 0.25) is 0 Å². The van der Waals surface area contributed by atoms with Gasteiger partial charge in [-0.2, -0.15) is 0 Å². The van der Waals surface area contributed by atoms with Gasteiger partial charge in [-0.1, -0.05) is 0 Å². The largest absolute Gasteiger partial charge is 0.381 e. The smallest absolute Gasteiger partial charge is 0.155 e. The van der Waals surface area contributed by atoms with E-state index in [-0.39, 0.29) is 0 Å². The number of halogens is 1. The highest BCUT2D eigenvalue weighted by Crippen LogP contribution is 2.12. The summed E-state index contributed by atoms with van der Waals surface area (Å²) in [6.07, 6.45) is 7.78. The van der Waals surface area contributed by atoms with E-state index >= 15 is 0 Å². The van der Waals surface area contributed by atoms with Crippen LogP contribution in [0.4, 0.5) is 0 Å². The maximum absolute atomic E-state index is 5.35. The van der Waals surface area contributed by atoms with Crippen molar-refractivity contribution in [1.29, 1.82) is 0 Å². The van der Waals surface area contributed by atoms with E-state index in [1.807, 2.05) is 12.4 Å². The molecule has 0 saturated carbocycles. The van der Waals surface area contributed by atoms with E-state index in [1.54, 1.807) is 6.20 Å². The number of aromatic nitrogens is 3. The molecule has 2 aromatic heterocycles. The molecule has 18 heavy (non-hydrogen) atoms. The minimum atomic E-state index is 0.551. The zero-order valence-electron chi connectivity index (χ0n) is 9.97. The predicted octanol–water partition coefficient (Wildman–Crippen LogP) is 1.76. The SMILES string of the molecule is Brc1cn2c(CNC3CCOCC3)cnc2cn1. The molecule has 1 saturated heterocycles. The van der Waals surface area contributed by atoms with Crippen molar-refractivity contribution in [1.82, 2.24) is 19.7 Å². The molecule has 0 spiro atoms. The number of ether oxygens (including phenoxy) is 1. The molecule has 0 amide bonds. The molecule has 1 aliphatic rings. The van der Waals surface area contributed by atoms with Gasteiger partial charge in [-0.15, -0.1) is 0 Å². The Hall–Kier alpha value is -0.980. The summed E-state index contributed by atoms with van der Waals surface area (Å²) in [5, 5.41) is 3.56. The van der Waals surface area contributed by atoms with Gasteiger partial charge >= 0.3 is 0 Å². The Bertz CT molecular complexity index is 536. The number of hydrogen-bond donors (Lipinski definition) is 1. The van der Waals surface area contributed by atoms with Crippen molar-refractivity contribution >= 4 is 21.6 Å². The summed E-state index contributed by atoms with van der Waals surface area (Å²) in [6, 6.07) is 0.551. The Balaban J connectivity index is 1.72. The standard InChI is InChI=1S/C12H15BrN4O/c13-11-8-17-10(6-16-12(17)7-15-11)5-14-9-1-3-18-4-2-9/h6-9,14H,1-5H2. The van der Waals surface area contributed by atoms with Crippen molar-refractivity contribution in [2.45, 2.75) is 25.4 Å². The Morgan fingerprint density at radius 2 is 2.17 bits per heavy atom. The van der Waals surface area contributed by atoms with E-state index in [0.717, 1.165) is 48.5 Å². The fourth-order valence-corrected chi connectivity index (χ4v) is 2.50. The third-order valence-corrected chi connectivity index (χ3v) is 3.64. The number of fused-ring (bicyclic) bond motifs is 1. The predicted molar refractivity (Wildman–Crippen MR) is 71.4 cm³/mol. The van der Waals surface area contributed by atoms with Crippen LogP contribution >= 0.6 is 15.9 Å². The Kier molecular flexibility index (Phi) is 3.58. The van der Waals surface area contributed by atoms with Gasteiger partial charge in [0.2, 0.25) is 0 Å². The average Bonchev–Trinajstić information content (AvgIpc) is 2.80. The molecule has 3 rings (SSSR count). The number of nitrogens with one attached hydrogen (secondary N) is 1. The van der Waals surface area contributed by atoms with Gasteiger partial charge in [-0.3, -0.25) is 4.40 Å². The van der Waals surface area contributed by atoms with Crippen LogP contribution in [-0.4, -0.2) is 33.6 Å². The van der Waals surface area contributed by atoms with E-state index in [2.05, 4.69) is 35.6 Å². The molecule has 0 aromatic carbocycles. The lowest BCUT2D eigenvalue weighted by atomic mass is 10.1. The second-order valence-corrected chi connectivity index (χ2v) is 5.27. The van der Waals surface area contributed by atoms with E-state index in [4.69, 9.17) is 4.74 Å². The van der Waals surface area contributed by atoms with Gasteiger partial charge < -0.3 is 10.1 Å². The fourth-order valence-electron chi connectivity index (χ4n) is 2.20. The van der Waals surface area contributed by atoms with Crippen molar-refractivity contribution in [3.63, 3.8) is 0 Å². The van der Waals surface area contributed by atoms with Gasteiger partial charge in [0, 0.05) is 32.0 Å². The maximum atomic E-state index is 5.35. The highest BCUT2D eigenvalue weighted by Gasteiger charge is 2.13. The third-order valence-electron chi connectivity index (χ3n) is 3.23. The normalized spacial score (nSPS) is 17.4. The molecule has 0 unspecified atom stereocenters. The molecular formula is C12H15BrN4O. The monoisotopic (exact) mass is 310 g/mol. The van der Waals surface area contributed by atoms with Crippen LogP contribution in [-0.2, 0) is 11.3 Å². The maximum Gasteiger partial charge on any atom is 0.155 e. The van der Waals surface area contributed by atoms with E-state index in [9.17, 15) is 0 Å². The first-order chi connectivity index (χ1) is 8.83. The van der Waals surface area contributed by atoms with Crippen LogP contribution in [0, 0.1) is 0 Å². The van der Waals surface area contributed by atoms with Gasteiger partial charge in [0.25, 0.3) is 0 Å². The molecule has 5 nitrogen and oxygen atoms in total. The second kappa shape index (κ2) is 5.34. The highest BCUT2D eigenvalue weighted by molar-refractivity contribution is 9.10. The number of imidazole rings is 1. The summed E-state index contributed by atoms with van der Waals surface area (Å²) in [7, 11) is 0. The Morgan fingerprint density at radius 1 is 1.33 bits per heavy atom. The van der Waals surface area contributed by atoms with Crippen LogP contribution in [0.25, 0.3) is 5.65 Å². The quantitative estimate of drug-likeness (QED) is 0.938. The van der Waals surface area contributed by atoms with Crippen molar-refractivity contribution in [3.8, 4) is 0 Å². The lowest BCUT2D eigenvalue weighted by Crippen LogP contribution is -2.34. The van der Waals surface area contributed by atoms with Crippen molar-refractivity contribution in [2.24, 2.45) is 0 Å². The van der Waals surface area contributed by atoms with Crippen LogP contribution in [0.3, 0.4) is 0 Å². The first-order valence-corrected chi connectivity index (χ1v) is 6.91. The summed E-state index contributed by atoms with van der Waals surface area (Å²) < 4.78 is 8.23. The van der Waals surface area contributed by atoms with E-state index < -0.39 is 0 Å². The second-order valence-electron chi connectivity index (χ2n) is 4.46. The first kappa shape index (κ1) is 12.1. The van der Waals surface area contributed by atoms with Gasteiger partial charge in [-0.25, -0.2) is 9.97 Å². The van der Waals surface area contributed by atoms with E-state index in [0.29, 0.717) is 6.04 Å². The first-order valence-electron chi connectivity index (χ1n) is 6.11. The summed E-state index contributed by atoms with van der Waals surface area (Å²) in [4.78, 5) is 8.51. The van der Waals surface area contributed by atoms with E-state index in [1.165, 1.54) is 0 Å². The molecule has 0 atom stereocenters. The minimum Gasteiger partial charge on any atom is -0.381 e. The van der Waals surface area contributed by atoms with Crippen LogP contribution in [0.15, 0.2) is 23.2 Å². The Morgan fingerprint density at radius 3 is 3.00 bits per heavy atom. The Labute approximate surface area is 114 Å². The number of rotatable bonds is 3. The van der Waals surface area contributed by atoms with Crippen LogP contribution in [0.1, 0.15) is 18.5 Å². The van der Waals surface area contributed by atoms with Gasteiger partial charge in [-0.05, 0) is 28.8 Å². The highest BCUT2D eigenvalue weighted by atomic mass is 79.9. The molecule has 2 aromatic rings. The van der Waals surface area contributed by atoms with Crippen molar-refractivity contribution in [2.75, 3.05) is 13.2 Å². The molecule has 0 bridgehead atoms. The lowest BCUT2D eigenvalue weighted by Gasteiger charge is -2.23. The summed E-state index contributed by atoms with van der Waals surface area (Å²) in [5.74, 6) is 0. The summed E-state index contributed by atoms with van der Waals surface area (Å²) in [6.45, 7) is 2.54. The molecule has 1 N–H and O–H groups in total. The molecule has 1 aliphatic heterocycles. The minimum absolute atomic E-state index is 0.551. The topological polar surface area (TPSA) is 51.5 Å². The molecule has 0 radical (unpaired) electrons. The fraction of sp³-hybridized carbons (Fsp3) is 0.500.